The van der Waals surface area contributed by atoms with Crippen molar-refractivity contribution in [2.24, 2.45) is 5.41 Å². The molecule has 8 nitrogen and oxygen atoms in total. The molecular formula is C17H30O8. The normalized spacial score (nSPS) is 11.8. The maximum absolute atomic E-state index is 11.3. The Balaban J connectivity index is 3.65. The second-order valence-corrected chi connectivity index (χ2v) is 7.36. The van der Waals surface area contributed by atoms with Gasteiger partial charge in [0.05, 0.1) is 13.2 Å². The summed E-state index contributed by atoms with van der Waals surface area (Å²) in [6, 6.07) is 0. The van der Waals surface area contributed by atoms with Crippen molar-refractivity contribution in [3.05, 3.63) is 12.2 Å². The maximum atomic E-state index is 11.3. The number of hydrogen-bond donors (Lipinski definition) is 0. The zero-order chi connectivity index (χ0) is 19.5. The number of carbonyl (C=O) groups excluding carboxylic acids is 2. The summed E-state index contributed by atoms with van der Waals surface area (Å²) in [4.78, 5) is 31.8. The lowest BCUT2D eigenvalue weighted by atomic mass is 9.84. The average Bonchev–Trinajstić information content (AvgIpc) is 2.42. The molecule has 0 fully saturated rings. The van der Waals surface area contributed by atoms with Gasteiger partial charge in [-0.3, -0.25) is 0 Å². The fourth-order valence-electron chi connectivity index (χ4n) is 2.07. The third-order valence-electron chi connectivity index (χ3n) is 2.57. The summed E-state index contributed by atoms with van der Waals surface area (Å²) >= 11 is 0. The first kappa shape index (κ1) is 23.4. The smallest absolute Gasteiger partial charge is 0.460 e. The van der Waals surface area contributed by atoms with Gasteiger partial charge >= 0.3 is 12.1 Å². The zero-order valence-corrected chi connectivity index (χ0v) is 16.0. The van der Waals surface area contributed by atoms with E-state index in [2.05, 4.69) is 37.3 Å². The highest BCUT2D eigenvalue weighted by Crippen LogP contribution is 2.29. The van der Waals surface area contributed by atoms with Crippen molar-refractivity contribution in [2.75, 3.05) is 26.4 Å². The van der Waals surface area contributed by atoms with Gasteiger partial charge in [-0.1, -0.05) is 27.4 Å². The minimum absolute atomic E-state index is 0.0312. The van der Waals surface area contributed by atoms with Gasteiger partial charge in [0.1, 0.15) is 18.8 Å². The quantitative estimate of drug-likeness (QED) is 0.182. The first-order valence-corrected chi connectivity index (χ1v) is 8.02. The minimum atomic E-state index is -1.04. The molecule has 146 valence electrons. The Morgan fingerprint density at radius 3 is 2.00 bits per heavy atom. The Labute approximate surface area is 149 Å². The summed E-state index contributed by atoms with van der Waals surface area (Å²) in [6.07, 6.45) is -0.341. The van der Waals surface area contributed by atoms with Crippen molar-refractivity contribution in [3.63, 3.8) is 0 Å². The topological polar surface area (TPSA) is 89.5 Å². The fraction of sp³-hybridized carbons (Fsp3) is 0.765. The Morgan fingerprint density at radius 2 is 1.48 bits per heavy atom. The Kier molecular flexibility index (Phi) is 10.3. The molecule has 8 heteroatoms. The highest BCUT2D eigenvalue weighted by Gasteiger charge is 2.28. The van der Waals surface area contributed by atoms with E-state index in [4.69, 9.17) is 19.1 Å². The predicted molar refractivity (Wildman–Crippen MR) is 89.3 cm³/mol. The summed E-state index contributed by atoms with van der Waals surface area (Å²) in [5.41, 5.74) is -0.273. The standard InChI is InChI=1S/C17H30O8/c1-13(2)14(18)21-10-8-20-9-11-22-15(19)23-25-24-17(6,7)12-16(3,4)5/h1,8-12H2,2-7H3. The highest BCUT2D eigenvalue weighted by molar-refractivity contribution is 5.86. The number of ether oxygens (including phenoxy) is 3. The zero-order valence-electron chi connectivity index (χ0n) is 16.0. The van der Waals surface area contributed by atoms with Crippen LogP contribution in [0, 0.1) is 5.41 Å². The van der Waals surface area contributed by atoms with Crippen molar-refractivity contribution in [3.8, 4) is 0 Å². The summed E-state index contributed by atoms with van der Waals surface area (Å²) < 4.78 is 14.6. The van der Waals surface area contributed by atoms with Crippen LogP contribution in [0.4, 0.5) is 4.79 Å². The lowest BCUT2D eigenvalue weighted by molar-refractivity contribution is -0.518. The first-order valence-electron chi connectivity index (χ1n) is 8.02. The van der Waals surface area contributed by atoms with Crippen LogP contribution in [0.1, 0.15) is 48.0 Å². The van der Waals surface area contributed by atoms with Crippen LogP contribution in [-0.4, -0.2) is 44.2 Å². The van der Waals surface area contributed by atoms with Gasteiger partial charge in [0, 0.05) is 5.57 Å². The SMILES string of the molecule is C=C(C)C(=O)OCCOCCOC(=O)OOOC(C)(C)CC(C)(C)C. The molecule has 0 saturated heterocycles. The van der Waals surface area contributed by atoms with Gasteiger partial charge in [-0.05, 0) is 37.6 Å². The van der Waals surface area contributed by atoms with E-state index in [1.807, 2.05) is 13.8 Å². The first-order chi connectivity index (χ1) is 11.4. The summed E-state index contributed by atoms with van der Waals surface area (Å²) in [5, 5.41) is 4.47. The molecule has 0 saturated carbocycles. The van der Waals surface area contributed by atoms with Crippen LogP contribution < -0.4 is 0 Å². The van der Waals surface area contributed by atoms with Crippen molar-refractivity contribution < 1.29 is 38.6 Å². The van der Waals surface area contributed by atoms with E-state index in [1.165, 1.54) is 0 Å². The van der Waals surface area contributed by atoms with Gasteiger partial charge in [0.15, 0.2) is 0 Å². The summed E-state index contributed by atoms with van der Waals surface area (Å²) in [6.45, 7) is 15.2. The van der Waals surface area contributed by atoms with E-state index < -0.39 is 17.7 Å². The van der Waals surface area contributed by atoms with Crippen LogP contribution >= 0.6 is 0 Å². The molecule has 0 aliphatic heterocycles. The predicted octanol–water partition coefficient (Wildman–Crippen LogP) is 3.35. The molecule has 0 heterocycles. The minimum Gasteiger partial charge on any atom is -0.460 e. The molecule has 0 aliphatic carbocycles. The molecule has 0 aromatic rings. The van der Waals surface area contributed by atoms with E-state index in [0.29, 0.717) is 12.0 Å². The van der Waals surface area contributed by atoms with E-state index in [9.17, 15) is 9.59 Å². The van der Waals surface area contributed by atoms with Crippen LogP contribution in [0.2, 0.25) is 0 Å². The third kappa shape index (κ3) is 14.4. The van der Waals surface area contributed by atoms with Crippen LogP contribution in [0.3, 0.4) is 0 Å². The molecule has 0 aromatic heterocycles. The van der Waals surface area contributed by atoms with E-state index in [1.54, 1.807) is 6.92 Å². The summed E-state index contributed by atoms with van der Waals surface area (Å²) in [5.74, 6) is -0.477. The number of carbonyl (C=O) groups is 2. The Morgan fingerprint density at radius 1 is 0.920 bits per heavy atom. The molecule has 0 spiro atoms. The highest BCUT2D eigenvalue weighted by atomic mass is 17.5. The Bertz CT molecular complexity index is 436. The molecule has 0 radical (unpaired) electrons. The van der Waals surface area contributed by atoms with Crippen LogP contribution in [0.5, 0.6) is 0 Å². The largest absolute Gasteiger partial charge is 0.542 e. The molecule has 0 amide bonds. The molecule has 0 atom stereocenters. The average molecular weight is 362 g/mol. The molecular weight excluding hydrogens is 332 g/mol. The number of esters is 1. The fourth-order valence-corrected chi connectivity index (χ4v) is 2.07. The van der Waals surface area contributed by atoms with Gasteiger partial charge in [0.2, 0.25) is 0 Å². The lowest BCUT2D eigenvalue weighted by Crippen LogP contribution is -2.31. The van der Waals surface area contributed by atoms with Crippen LogP contribution in [0.25, 0.3) is 0 Å². The van der Waals surface area contributed by atoms with Gasteiger partial charge in [-0.2, -0.15) is 4.89 Å². The van der Waals surface area contributed by atoms with E-state index >= 15 is 0 Å². The molecule has 0 unspecified atom stereocenters. The summed E-state index contributed by atoms with van der Waals surface area (Å²) in [7, 11) is 0. The maximum Gasteiger partial charge on any atom is 0.542 e. The van der Waals surface area contributed by atoms with Gasteiger partial charge in [-0.15, -0.1) is 0 Å². The van der Waals surface area contributed by atoms with E-state index in [0.717, 1.165) is 0 Å². The van der Waals surface area contributed by atoms with Gasteiger partial charge in [-0.25, -0.2) is 14.5 Å². The van der Waals surface area contributed by atoms with Crippen LogP contribution in [-0.2, 0) is 33.8 Å². The Hall–Kier alpha value is -1.64. The number of rotatable bonds is 11. The number of hydrogen-bond acceptors (Lipinski definition) is 8. The second kappa shape index (κ2) is 11.1. The second-order valence-electron chi connectivity index (χ2n) is 7.36. The van der Waals surface area contributed by atoms with Gasteiger partial charge in [0.25, 0.3) is 0 Å². The molecule has 0 rings (SSSR count). The molecule has 0 bridgehead atoms. The van der Waals surface area contributed by atoms with Crippen molar-refractivity contribution >= 4 is 12.1 Å². The molecule has 25 heavy (non-hydrogen) atoms. The monoisotopic (exact) mass is 362 g/mol. The molecule has 0 aliphatic rings. The lowest BCUT2D eigenvalue weighted by Gasteiger charge is -2.29. The van der Waals surface area contributed by atoms with E-state index in [-0.39, 0.29) is 31.8 Å². The van der Waals surface area contributed by atoms with Crippen LogP contribution in [0.15, 0.2) is 12.2 Å². The van der Waals surface area contributed by atoms with Gasteiger partial charge < -0.3 is 14.2 Å². The molecule has 0 aromatic carbocycles. The van der Waals surface area contributed by atoms with Crippen molar-refractivity contribution in [1.29, 1.82) is 0 Å². The third-order valence-corrected chi connectivity index (χ3v) is 2.57. The van der Waals surface area contributed by atoms with Crippen molar-refractivity contribution in [1.82, 2.24) is 0 Å². The van der Waals surface area contributed by atoms with Crippen molar-refractivity contribution in [2.45, 2.75) is 53.6 Å². The molecule has 0 N–H and O–H groups in total.